The van der Waals surface area contributed by atoms with E-state index < -0.39 is 17.3 Å². The summed E-state index contributed by atoms with van der Waals surface area (Å²) in [6.07, 6.45) is 0. The molecule has 102 valence electrons. The van der Waals surface area contributed by atoms with Gasteiger partial charge in [0.15, 0.2) is 0 Å². The van der Waals surface area contributed by atoms with E-state index in [1.54, 1.807) is 18.4 Å². The molecule has 0 saturated carbocycles. The Morgan fingerprint density at radius 3 is 2.68 bits per heavy atom. The Morgan fingerprint density at radius 1 is 1.53 bits per heavy atom. The molecule has 19 heavy (non-hydrogen) atoms. The average Bonchev–Trinajstić information content (AvgIpc) is 2.67. The minimum atomic E-state index is -1.04. The molecule has 0 atom stereocenters. The maximum Gasteiger partial charge on any atom is 0.243 e. The highest BCUT2D eigenvalue weighted by atomic mass is 35.5. The highest BCUT2D eigenvalue weighted by Crippen LogP contribution is 2.29. The van der Waals surface area contributed by atoms with Crippen LogP contribution < -0.4 is 5.73 Å². The first-order chi connectivity index (χ1) is 8.78. The van der Waals surface area contributed by atoms with Crippen LogP contribution in [-0.2, 0) is 16.2 Å². The van der Waals surface area contributed by atoms with Crippen molar-refractivity contribution in [2.75, 3.05) is 0 Å². The van der Waals surface area contributed by atoms with Gasteiger partial charge in [0.05, 0.1) is 21.9 Å². The van der Waals surface area contributed by atoms with Crippen molar-refractivity contribution in [3.63, 3.8) is 0 Å². The summed E-state index contributed by atoms with van der Waals surface area (Å²) in [6, 6.07) is 2.63. The number of carbonyl (C=O) groups is 1. The summed E-state index contributed by atoms with van der Waals surface area (Å²) >= 11 is 11.6. The molecule has 2 rings (SSSR count). The fourth-order valence-corrected chi connectivity index (χ4v) is 2.28. The molecule has 4 nitrogen and oxygen atoms in total. The van der Waals surface area contributed by atoms with Crippen LogP contribution >= 0.6 is 23.2 Å². The van der Waals surface area contributed by atoms with Crippen LogP contribution in [0.2, 0.25) is 5.02 Å². The molecule has 1 heterocycles. The Labute approximate surface area is 119 Å². The number of alkyl halides is 1. The maximum atomic E-state index is 13.4. The van der Waals surface area contributed by atoms with E-state index in [0.717, 1.165) is 0 Å². The van der Waals surface area contributed by atoms with E-state index in [-0.39, 0.29) is 10.9 Å². The second-order valence-corrected chi connectivity index (χ2v) is 5.35. The second-order valence-electron chi connectivity index (χ2n) is 4.68. The number of fused-ring (bicyclic) bond motifs is 1. The lowest BCUT2D eigenvalue weighted by atomic mass is 10.0. The third kappa shape index (κ3) is 2.17. The fourth-order valence-electron chi connectivity index (χ4n) is 1.95. The van der Waals surface area contributed by atoms with E-state index >= 15 is 0 Å². The van der Waals surface area contributed by atoms with Crippen molar-refractivity contribution in [2.24, 2.45) is 5.73 Å². The van der Waals surface area contributed by atoms with Crippen LogP contribution in [0.3, 0.4) is 0 Å². The van der Waals surface area contributed by atoms with Gasteiger partial charge >= 0.3 is 0 Å². The van der Waals surface area contributed by atoms with Gasteiger partial charge in [-0.15, -0.1) is 11.6 Å². The molecular weight excluding hydrogens is 292 g/mol. The predicted molar refractivity (Wildman–Crippen MR) is 72.8 cm³/mol. The van der Waals surface area contributed by atoms with Crippen LogP contribution in [0.15, 0.2) is 12.1 Å². The number of amides is 1. The zero-order valence-corrected chi connectivity index (χ0v) is 11.9. The molecule has 0 aliphatic heterocycles. The molecule has 1 aromatic carbocycles. The standard InChI is InChI=1S/C12H12Cl2FN3O/c1-12(2,11(16)19)18-9-3-6(14)7(15)4-8(9)17-10(18)5-13/h3-4H,5H2,1-2H3,(H2,16,19). The lowest BCUT2D eigenvalue weighted by Gasteiger charge is -2.25. The minimum absolute atomic E-state index is 0.0463. The number of hydrogen-bond acceptors (Lipinski definition) is 2. The molecule has 2 N–H and O–H groups in total. The molecular formula is C12H12Cl2FN3O. The molecule has 0 fully saturated rings. The topological polar surface area (TPSA) is 60.9 Å². The SMILES string of the molecule is CC(C)(C(N)=O)n1c(CCl)nc2cc(F)c(Cl)cc21. The van der Waals surface area contributed by atoms with E-state index in [1.807, 2.05) is 0 Å². The van der Waals surface area contributed by atoms with Crippen molar-refractivity contribution >= 4 is 40.1 Å². The van der Waals surface area contributed by atoms with Crippen LogP contribution in [0.5, 0.6) is 0 Å². The number of halogens is 3. The molecule has 2 aromatic rings. The van der Waals surface area contributed by atoms with Gasteiger partial charge in [0.25, 0.3) is 0 Å². The summed E-state index contributed by atoms with van der Waals surface area (Å²) in [5.74, 6) is -0.609. The van der Waals surface area contributed by atoms with Gasteiger partial charge in [0, 0.05) is 6.07 Å². The smallest absolute Gasteiger partial charge is 0.243 e. The molecule has 0 aliphatic carbocycles. The fraction of sp³-hybridized carbons (Fsp3) is 0.333. The van der Waals surface area contributed by atoms with Gasteiger partial charge < -0.3 is 10.3 Å². The average molecular weight is 304 g/mol. The third-order valence-electron chi connectivity index (χ3n) is 3.05. The molecule has 7 heteroatoms. The number of hydrogen-bond donors (Lipinski definition) is 1. The monoisotopic (exact) mass is 303 g/mol. The molecule has 0 aliphatic rings. The largest absolute Gasteiger partial charge is 0.368 e. The molecule has 0 saturated heterocycles. The summed E-state index contributed by atoms with van der Waals surface area (Å²) in [7, 11) is 0. The molecule has 0 bridgehead atoms. The van der Waals surface area contributed by atoms with Gasteiger partial charge in [-0.05, 0) is 19.9 Å². The van der Waals surface area contributed by atoms with Gasteiger partial charge in [-0.1, -0.05) is 11.6 Å². The summed E-state index contributed by atoms with van der Waals surface area (Å²) in [6.45, 7) is 3.29. The number of rotatable bonds is 3. The van der Waals surface area contributed by atoms with Crippen molar-refractivity contribution in [1.29, 1.82) is 0 Å². The molecule has 0 spiro atoms. The summed E-state index contributed by atoms with van der Waals surface area (Å²) in [5.41, 5.74) is 5.27. The normalized spacial score (nSPS) is 12.1. The van der Waals surface area contributed by atoms with Crippen LogP contribution in [0.4, 0.5) is 4.39 Å². The summed E-state index contributed by atoms with van der Waals surface area (Å²) in [5, 5.41) is -0.0463. The van der Waals surface area contributed by atoms with Gasteiger partial charge in [-0.3, -0.25) is 4.79 Å². The third-order valence-corrected chi connectivity index (χ3v) is 3.58. The second kappa shape index (κ2) is 4.65. The van der Waals surface area contributed by atoms with E-state index in [2.05, 4.69) is 4.98 Å². The molecule has 0 radical (unpaired) electrons. The lowest BCUT2D eigenvalue weighted by molar-refractivity contribution is -0.125. The van der Waals surface area contributed by atoms with E-state index in [0.29, 0.717) is 16.9 Å². The van der Waals surface area contributed by atoms with Crippen molar-refractivity contribution in [3.05, 3.63) is 28.8 Å². The van der Waals surface area contributed by atoms with Crippen molar-refractivity contribution < 1.29 is 9.18 Å². The maximum absolute atomic E-state index is 13.4. The Balaban J connectivity index is 2.85. The first-order valence-corrected chi connectivity index (χ1v) is 6.43. The van der Waals surface area contributed by atoms with Crippen molar-refractivity contribution in [1.82, 2.24) is 9.55 Å². The highest BCUT2D eigenvalue weighted by molar-refractivity contribution is 6.31. The van der Waals surface area contributed by atoms with Crippen molar-refractivity contribution in [3.8, 4) is 0 Å². The number of primary amides is 1. The molecule has 0 unspecified atom stereocenters. The number of imidazole rings is 1. The van der Waals surface area contributed by atoms with Crippen LogP contribution in [-0.4, -0.2) is 15.5 Å². The molecule has 1 aromatic heterocycles. The quantitative estimate of drug-likeness (QED) is 0.886. The number of benzene rings is 1. The Hall–Kier alpha value is -1.33. The Bertz CT molecular complexity index is 667. The van der Waals surface area contributed by atoms with Gasteiger partial charge in [-0.25, -0.2) is 9.37 Å². The first-order valence-electron chi connectivity index (χ1n) is 5.51. The van der Waals surface area contributed by atoms with E-state index in [4.69, 9.17) is 28.9 Å². The lowest BCUT2D eigenvalue weighted by Crippen LogP contribution is -2.41. The summed E-state index contributed by atoms with van der Waals surface area (Å²) < 4.78 is 15.0. The Morgan fingerprint density at radius 2 is 2.16 bits per heavy atom. The highest BCUT2D eigenvalue weighted by Gasteiger charge is 2.31. The van der Waals surface area contributed by atoms with Crippen LogP contribution in [0.25, 0.3) is 11.0 Å². The first kappa shape index (κ1) is 14.1. The number of nitrogens with zero attached hydrogens (tertiary/aromatic N) is 2. The number of carbonyl (C=O) groups excluding carboxylic acids is 1. The van der Waals surface area contributed by atoms with Crippen molar-refractivity contribution in [2.45, 2.75) is 25.3 Å². The van der Waals surface area contributed by atoms with Crippen LogP contribution in [0.1, 0.15) is 19.7 Å². The van der Waals surface area contributed by atoms with Gasteiger partial charge in [-0.2, -0.15) is 0 Å². The number of nitrogens with two attached hydrogens (primary N) is 1. The van der Waals surface area contributed by atoms with Crippen LogP contribution in [0, 0.1) is 5.82 Å². The number of aromatic nitrogens is 2. The minimum Gasteiger partial charge on any atom is -0.368 e. The van der Waals surface area contributed by atoms with E-state index in [9.17, 15) is 9.18 Å². The Kier molecular flexibility index (Phi) is 3.45. The van der Waals surface area contributed by atoms with Gasteiger partial charge in [0.2, 0.25) is 5.91 Å². The zero-order valence-electron chi connectivity index (χ0n) is 10.4. The van der Waals surface area contributed by atoms with E-state index in [1.165, 1.54) is 12.1 Å². The predicted octanol–water partition coefficient (Wildman–Crippen LogP) is 2.79. The molecule has 1 amide bonds. The zero-order chi connectivity index (χ0) is 14.4. The van der Waals surface area contributed by atoms with Gasteiger partial charge in [0.1, 0.15) is 17.2 Å². The summed E-state index contributed by atoms with van der Waals surface area (Å²) in [4.78, 5) is 15.8.